The highest BCUT2D eigenvalue weighted by atomic mass is 19.4. The van der Waals surface area contributed by atoms with Crippen molar-refractivity contribution in [1.29, 1.82) is 0 Å². The van der Waals surface area contributed by atoms with Gasteiger partial charge in [0.05, 0.1) is 11.1 Å². The highest BCUT2D eigenvalue weighted by Crippen LogP contribution is 2.32. The van der Waals surface area contributed by atoms with Gasteiger partial charge in [0.1, 0.15) is 5.82 Å². The fourth-order valence-corrected chi connectivity index (χ4v) is 2.29. The van der Waals surface area contributed by atoms with Gasteiger partial charge in [-0.25, -0.2) is 4.39 Å². The predicted octanol–water partition coefficient (Wildman–Crippen LogP) is 3.17. The van der Waals surface area contributed by atoms with Crippen molar-refractivity contribution >= 4 is 5.78 Å². The van der Waals surface area contributed by atoms with Gasteiger partial charge in [0.25, 0.3) is 0 Å². The van der Waals surface area contributed by atoms with Crippen LogP contribution >= 0.6 is 0 Å². The second-order valence-electron chi connectivity index (χ2n) is 4.88. The molecule has 1 unspecified atom stereocenters. The van der Waals surface area contributed by atoms with Crippen molar-refractivity contribution in [2.45, 2.75) is 31.5 Å². The number of nitrogens with one attached hydrogen (secondary N) is 1. The molecule has 1 aromatic carbocycles. The number of hydrogen-bond donors (Lipinski definition) is 1. The lowest BCUT2D eigenvalue weighted by molar-refractivity contribution is -0.140. The zero-order valence-corrected chi connectivity index (χ0v) is 10.3. The SMILES string of the molecule is CC1(C(=O)c2ccc(C(F)(F)F)c(F)c2)CCCN1. The molecule has 1 fully saturated rings. The topological polar surface area (TPSA) is 29.1 Å². The van der Waals surface area contributed by atoms with Crippen molar-refractivity contribution in [1.82, 2.24) is 5.32 Å². The van der Waals surface area contributed by atoms with Gasteiger partial charge in [-0.1, -0.05) is 6.07 Å². The number of alkyl halides is 3. The summed E-state index contributed by atoms with van der Waals surface area (Å²) in [6.07, 6.45) is -3.35. The number of carbonyl (C=O) groups is 1. The van der Waals surface area contributed by atoms with E-state index in [1.807, 2.05) is 0 Å². The van der Waals surface area contributed by atoms with E-state index in [1.54, 1.807) is 6.92 Å². The van der Waals surface area contributed by atoms with Crippen LogP contribution < -0.4 is 5.32 Å². The molecular weight excluding hydrogens is 262 g/mol. The molecule has 0 bridgehead atoms. The quantitative estimate of drug-likeness (QED) is 0.663. The third kappa shape index (κ3) is 2.63. The molecule has 2 nitrogen and oxygen atoms in total. The minimum Gasteiger partial charge on any atom is -0.305 e. The lowest BCUT2D eigenvalue weighted by Crippen LogP contribution is -2.44. The Morgan fingerprint density at radius 3 is 2.53 bits per heavy atom. The Bertz CT molecular complexity index is 504. The number of carbonyl (C=O) groups excluding carboxylic acids is 1. The van der Waals surface area contributed by atoms with E-state index in [0.29, 0.717) is 25.1 Å². The number of Topliss-reactive ketones (excluding diaryl/α,β-unsaturated/α-hetero) is 1. The van der Waals surface area contributed by atoms with Crippen molar-refractivity contribution in [2.75, 3.05) is 6.54 Å². The maximum absolute atomic E-state index is 13.4. The van der Waals surface area contributed by atoms with Gasteiger partial charge in [-0.2, -0.15) is 13.2 Å². The normalized spacial score (nSPS) is 23.6. The monoisotopic (exact) mass is 275 g/mol. The Morgan fingerprint density at radius 1 is 1.37 bits per heavy atom. The van der Waals surface area contributed by atoms with Crippen LogP contribution in [0.4, 0.5) is 17.6 Å². The van der Waals surface area contributed by atoms with Crippen molar-refractivity contribution < 1.29 is 22.4 Å². The molecule has 0 amide bonds. The first-order valence-corrected chi connectivity index (χ1v) is 5.91. The summed E-state index contributed by atoms with van der Waals surface area (Å²) in [5.74, 6) is -1.79. The molecule has 6 heteroatoms. The van der Waals surface area contributed by atoms with E-state index in [9.17, 15) is 22.4 Å². The third-order valence-corrected chi connectivity index (χ3v) is 3.41. The van der Waals surface area contributed by atoms with Gasteiger partial charge in [-0.3, -0.25) is 4.79 Å². The van der Waals surface area contributed by atoms with E-state index in [1.165, 1.54) is 0 Å². The van der Waals surface area contributed by atoms with Crippen molar-refractivity contribution in [2.24, 2.45) is 0 Å². The lowest BCUT2D eigenvalue weighted by atomic mass is 9.89. The van der Waals surface area contributed by atoms with Crippen LogP contribution in [0.1, 0.15) is 35.7 Å². The van der Waals surface area contributed by atoms with Gasteiger partial charge < -0.3 is 5.32 Å². The summed E-state index contributed by atoms with van der Waals surface area (Å²) in [5.41, 5.74) is -2.21. The van der Waals surface area contributed by atoms with Gasteiger partial charge in [-0.15, -0.1) is 0 Å². The average molecular weight is 275 g/mol. The summed E-state index contributed by atoms with van der Waals surface area (Å²) in [6, 6.07) is 2.30. The molecule has 0 aromatic heterocycles. The molecule has 104 valence electrons. The van der Waals surface area contributed by atoms with Crippen LogP contribution in [0.5, 0.6) is 0 Å². The van der Waals surface area contributed by atoms with Gasteiger partial charge in [-0.05, 0) is 38.4 Å². The first kappa shape index (κ1) is 14.0. The Morgan fingerprint density at radius 2 is 2.05 bits per heavy atom. The van der Waals surface area contributed by atoms with Crippen LogP contribution in [0.25, 0.3) is 0 Å². The van der Waals surface area contributed by atoms with Crippen LogP contribution in [0.15, 0.2) is 18.2 Å². The highest BCUT2D eigenvalue weighted by Gasteiger charge is 2.38. The molecule has 0 spiro atoms. The number of halogens is 4. The molecule has 0 saturated carbocycles. The van der Waals surface area contributed by atoms with Crippen LogP contribution in [0.2, 0.25) is 0 Å². The van der Waals surface area contributed by atoms with E-state index in [-0.39, 0.29) is 11.3 Å². The van der Waals surface area contributed by atoms with Crippen molar-refractivity contribution in [3.8, 4) is 0 Å². The first-order valence-electron chi connectivity index (χ1n) is 5.91. The lowest BCUT2D eigenvalue weighted by Gasteiger charge is -2.22. The summed E-state index contributed by atoms with van der Waals surface area (Å²) >= 11 is 0. The van der Waals surface area contributed by atoms with Gasteiger partial charge in [0.15, 0.2) is 5.78 Å². The Balaban J connectivity index is 2.32. The fraction of sp³-hybridized carbons (Fsp3) is 0.462. The summed E-state index contributed by atoms with van der Waals surface area (Å²) in [6.45, 7) is 2.35. The van der Waals surface area contributed by atoms with Gasteiger partial charge in [0, 0.05) is 5.56 Å². The first-order chi connectivity index (χ1) is 8.74. The van der Waals surface area contributed by atoms with E-state index in [4.69, 9.17) is 0 Å². The smallest absolute Gasteiger partial charge is 0.305 e. The zero-order valence-electron chi connectivity index (χ0n) is 10.3. The predicted molar refractivity (Wildman–Crippen MR) is 61.4 cm³/mol. The minimum absolute atomic E-state index is 0.0394. The molecule has 0 radical (unpaired) electrons. The van der Waals surface area contributed by atoms with E-state index in [2.05, 4.69) is 5.32 Å². The van der Waals surface area contributed by atoms with Crippen LogP contribution in [0.3, 0.4) is 0 Å². The molecule has 1 aromatic rings. The number of rotatable bonds is 2. The zero-order chi connectivity index (χ0) is 14.3. The molecule has 1 atom stereocenters. The largest absolute Gasteiger partial charge is 0.419 e. The standard InChI is InChI=1S/C13H13F4NO/c1-12(5-2-6-18-12)11(19)8-3-4-9(10(14)7-8)13(15,16)17/h3-4,7,18H,2,5-6H2,1H3. The molecule has 1 aliphatic rings. The van der Waals surface area contributed by atoms with Crippen molar-refractivity contribution in [3.05, 3.63) is 35.1 Å². The molecule has 2 rings (SSSR count). The second-order valence-corrected chi connectivity index (χ2v) is 4.88. The van der Waals surface area contributed by atoms with E-state index < -0.39 is 23.1 Å². The second kappa shape index (κ2) is 4.59. The summed E-state index contributed by atoms with van der Waals surface area (Å²) in [4.78, 5) is 12.2. The Labute approximate surface area is 107 Å². The summed E-state index contributed by atoms with van der Waals surface area (Å²) in [5, 5.41) is 3.00. The molecular formula is C13H13F4NO. The Kier molecular flexibility index (Phi) is 3.38. The van der Waals surface area contributed by atoms with Gasteiger partial charge in [0.2, 0.25) is 0 Å². The molecule has 1 aliphatic heterocycles. The van der Waals surface area contributed by atoms with Crippen LogP contribution in [-0.4, -0.2) is 17.9 Å². The fourth-order valence-electron chi connectivity index (χ4n) is 2.29. The number of benzene rings is 1. The summed E-state index contributed by atoms with van der Waals surface area (Å²) < 4.78 is 50.7. The van der Waals surface area contributed by atoms with Crippen molar-refractivity contribution in [3.63, 3.8) is 0 Å². The Hall–Kier alpha value is -1.43. The molecule has 1 N–H and O–H groups in total. The summed E-state index contributed by atoms with van der Waals surface area (Å²) in [7, 11) is 0. The number of hydrogen-bond acceptors (Lipinski definition) is 2. The van der Waals surface area contributed by atoms with E-state index >= 15 is 0 Å². The average Bonchev–Trinajstić information content (AvgIpc) is 2.74. The molecule has 1 saturated heterocycles. The molecule has 19 heavy (non-hydrogen) atoms. The van der Waals surface area contributed by atoms with Gasteiger partial charge >= 0.3 is 6.18 Å². The molecule has 0 aliphatic carbocycles. The van der Waals surface area contributed by atoms with E-state index in [0.717, 1.165) is 12.5 Å². The molecule has 1 heterocycles. The third-order valence-electron chi connectivity index (χ3n) is 3.41. The van der Waals surface area contributed by atoms with Crippen LogP contribution in [-0.2, 0) is 6.18 Å². The number of ketones is 1. The maximum Gasteiger partial charge on any atom is 0.419 e. The minimum atomic E-state index is -4.75. The van der Waals surface area contributed by atoms with Crippen LogP contribution in [0, 0.1) is 5.82 Å². The maximum atomic E-state index is 13.4. The highest BCUT2D eigenvalue weighted by molar-refractivity contribution is 6.03.